The normalized spacial score (nSPS) is 14.8. The van der Waals surface area contributed by atoms with Crippen molar-refractivity contribution in [2.75, 3.05) is 50.6 Å². The number of morpholine rings is 1. The number of ether oxygens (including phenoxy) is 1. The molecule has 1 fully saturated rings. The fourth-order valence-corrected chi connectivity index (χ4v) is 4.09. The van der Waals surface area contributed by atoms with E-state index in [0.29, 0.717) is 55.3 Å². The number of nitrogens with one attached hydrogen (secondary N) is 1. The monoisotopic (exact) mass is 471 g/mol. The Bertz CT molecular complexity index is 1250. The fraction of sp³-hybridized carbons (Fsp3) is 0.360. The SMILES string of the molecule is CCC(Nc1cc(F)cc(F)c1)c1cc(C(=O)N(C)C)cc2c(=O)cc(N3CCOCC3)oc12. The predicted molar refractivity (Wildman–Crippen MR) is 127 cm³/mol. The van der Waals surface area contributed by atoms with Crippen LogP contribution >= 0.6 is 0 Å². The van der Waals surface area contributed by atoms with Gasteiger partial charge in [-0.2, -0.15) is 0 Å². The number of rotatable bonds is 6. The minimum atomic E-state index is -0.708. The molecule has 1 N–H and O–H groups in total. The van der Waals surface area contributed by atoms with E-state index in [9.17, 15) is 18.4 Å². The number of hydrogen-bond donors (Lipinski definition) is 1. The topological polar surface area (TPSA) is 75.0 Å². The molecule has 34 heavy (non-hydrogen) atoms. The molecule has 180 valence electrons. The van der Waals surface area contributed by atoms with Crippen LogP contribution in [0.5, 0.6) is 0 Å². The van der Waals surface area contributed by atoms with Gasteiger partial charge < -0.3 is 24.3 Å². The minimum absolute atomic E-state index is 0.244. The first-order chi connectivity index (χ1) is 16.3. The van der Waals surface area contributed by atoms with E-state index in [1.54, 1.807) is 20.2 Å². The van der Waals surface area contributed by atoms with Crippen molar-refractivity contribution in [3.63, 3.8) is 0 Å². The van der Waals surface area contributed by atoms with Gasteiger partial charge in [-0.3, -0.25) is 9.59 Å². The third kappa shape index (κ3) is 4.89. The van der Waals surface area contributed by atoms with E-state index in [4.69, 9.17) is 9.15 Å². The summed E-state index contributed by atoms with van der Waals surface area (Å²) in [6.07, 6.45) is 0.498. The Kier molecular flexibility index (Phi) is 6.83. The van der Waals surface area contributed by atoms with Crippen molar-refractivity contribution in [1.29, 1.82) is 0 Å². The van der Waals surface area contributed by atoms with Gasteiger partial charge in [0.15, 0.2) is 11.3 Å². The van der Waals surface area contributed by atoms with Gasteiger partial charge in [-0.25, -0.2) is 8.78 Å². The lowest BCUT2D eigenvalue weighted by atomic mass is 9.97. The number of anilines is 2. The van der Waals surface area contributed by atoms with E-state index >= 15 is 0 Å². The first kappa shape index (κ1) is 23.7. The summed E-state index contributed by atoms with van der Waals surface area (Å²) in [6.45, 7) is 4.10. The molecule has 1 amide bonds. The Morgan fingerprint density at radius 2 is 1.76 bits per heavy atom. The Morgan fingerprint density at radius 3 is 2.38 bits per heavy atom. The molecule has 2 aromatic carbocycles. The van der Waals surface area contributed by atoms with E-state index in [1.807, 2.05) is 11.8 Å². The standard InChI is InChI=1S/C25H27F2N3O4/c1-4-21(28-18-12-16(26)11-17(27)13-18)19-9-15(25(32)29(2)3)10-20-22(31)14-23(34-24(19)20)30-5-7-33-8-6-30/h9-14,21,28H,4-8H2,1-3H3. The highest BCUT2D eigenvalue weighted by atomic mass is 19.1. The highest BCUT2D eigenvalue weighted by Gasteiger charge is 2.23. The maximum absolute atomic E-state index is 13.8. The minimum Gasteiger partial charge on any atom is -0.440 e. The molecule has 9 heteroatoms. The van der Waals surface area contributed by atoms with Crippen molar-refractivity contribution >= 4 is 28.4 Å². The summed E-state index contributed by atoms with van der Waals surface area (Å²) in [6, 6.07) is 7.33. The summed E-state index contributed by atoms with van der Waals surface area (Å²) in [5, 5.41) is 3.40. The first-order valence-electron chi connectivity index (χ1n) is 11.2. The summed E-state index contributed by atoms with van der Waals surface area (Å²) in [5.74, 6) is -1.27. The number of halogens is 2. The Balaban J connectivity index is 1.88. The summed E-state index contributed by atoms with van der Waals surface area (Å²) < 4.78 is 39.2. The molecule has 0 spiro atoms. The largest absolute Gasteiger partial charge is 0.440 e. The highest BCUT2D eigenvalue weighted by molar-refractivity contribution is 5.98. The van der Waals surface area contributed by atoms with E-state index in [-0.39, 0.29) is 22.4 Å². The van der Waals surface area contributed by atoms with Crippen LogP contribution in [-0.2, 0) is 4.74 Å². The molecule has 1 saturated heterocycles. The number of hydrogen-bond acceptors (Lipinski definition) is 6. The van der Waals surface area contributed by atoms with Gasteiger partial charge >= 0.3 is 0 Å². The molecule has 0 aliphatic carbocycles. The van der Waals surface area contributed by atoms with Crippen LogP contribution in [0.4, 0.5) is 20.4 Å². The molecule has 3 aromatic rings. The molecule has 2 heterocycles. The van der Waals surface area contributed by atoms with Crippen LogP contribution < -0.4 is 15.6 Å². The molecule has 0 radical (unpaired) electrons. The summed E-state index contributed by atoms with van der Waals surface area (Å²) >= 11 is 0. The van der Waals surface area contributed by atoms with Gasteiger partial charge in [0.05, 0.1) is 24.6 Å². The van der Waals surface area contributed by atoms with Gasteiger partial charge in [-0.05, 0) is 30.7 Å². The molecular formula is C25H27F2N3O4. The van der Waals surface area contributed by atoms with Gasteiger partial charge in [0.1, 0.15) is 17.2 Å². The lowest BCUT2D eigenvalue weighted by Gasteiger charge is -2.28. The van der Waals surface area contributed by atoms with Crippen LogP contribution in [0.15, 0.2) is 45.6 Å². The summed E-state index contributed by atoms with van der Waals surface area (Å²) in [7, 11) is 3.25. The lowest BCUT2D eigenvalue weighted by Crippen LogP contribution is -2.36. The van der Waals surface area contributed by atoms with Crippen LogP contribution in [0.25, 0.3) is 11.0 Å². The van der Waals surface area contributed by atoms with Gasteiger partial charge in [0.25, 0.3) is 5.91 Å². The zero-order valence-corrected chi connectivity index (χ0v) is 19.4. The second-order valence-electron chi connectivity index (χ2n) is 8.45. The maximum atomic E-state index is 13.8. The van der Waals surface area contributed by atoms with E-state index in [0.717, 1.165) is 6.07 Å². The Morgan fingerprint density at radius 1 is 1.09 bits per heavy atom. The number of carbonyl (C=O) groups excluding carboxylic acids is 1. The first-order valence-corrected chi connectivity index (χ1v) is 11.2. The average molecular weight is 472 g/mol. The molecule has 0 saturated carbocycles. The van der Waals surface area contributed by atoms with Gasteiger partial charge in [0, 0.05) is 56.1 Å². The molecule has 4 rings (SSSR count). The number of fused-ring (bicyclic) bond motifs is 1. The second kappa shape index (κ2) is 9.80. The van der Waals surface area contributed by atoms with E-state index in [1.165, 1.54) is 29.2 Å². The Labute approximate surface area is 195 Å². The highest BCUT2D eigenvalue weighted by Crippen LogP contribution is 2.32. The molecule has 1 atom stereocenters. The van der Waals surface area contributed by atoms with Crippen molar-refractivity contribution in [2.45, 2.75) is 19.4 Å². The molecule has 1 aliphatic heterocycles. The van der Waals surface area contributed by atoms with Crippen molar-refractivity contribution in [2.24, 2.45) is 0 Å². The van der Waals surface area contributed by atoms with Gasteiger partial charge in [-0.15, -0.1) is 0 Å². The van der Waals surface area contributed by atoms with Crippen LogP contribution in [-0.4, -0.2) is 51.2 Å². The Hall–Kier alpha value is -3.46. The number of nitrogens with zero attached hydrogens (tertiary/aromatic N) is 2. The van der Waals surface area contributed by atoms with Gasteiger partial charge in [-0.1, -0.05) is 6.92 Å². The molecule has 1 unspecified atom stereocenters. The molecule has 0 bridgehead atoms. The molecule has 1 aromatic heterocycles. The summed E-state index contributed by atoms with van der Waals surface area (Å²) in [5.41, 5.74) is 1.18. The average Bonchev–Trinajstić information content (AvgIpc) is 2.81. The number of carbonyl (C=O) groups is 1. The number of amides is 1. The van der Waals surface area contributed by atoms with Crippen LogP contribution in [0.3, 0.4) is 0 Å². The molecule has 7 nitrogen and oxygen atoms in total. The fourth-order valence-electron chi connectivity index (χ4n) is 4.09. The number of benzene rings is 2. The maximum Gasteiger partial charge on any atom is 0.253 e. The third-order valence-electron chi connectivity index (χ3n) is 5.81. The zero-order chi connectivity index (χ0) is 24.4. The van der Waals surface area contributed by atoms with E-state index in [2.05, 4.69) is 5.32 Å². The molecular weight excluding hydrogens is 444 g/mol. The third-order valence-corrected chi connectivity index (χ3v) is 5.81. The smallest absolute Gasteiger partial charge is 0.253 e. The van der Waals surface area contributed by atoms with E-state index < -0.39 is 17.7 Å². The van der Waals surface area contributed by atoms with Crippen LogP contribution in [0.2, 0.25) is 0 Å². The summed E-state index contributed by atoms with van der Waals surface area (Å²) in [4.78, 5) is 29.3. The van der Waals surface area contributed by atoms with Crippen LogP contribution in [0, 0.1) is 11.6 Å². The lowest BCUT2D eigenvalue weighted by molar-refractivity contribution is 0.0827. The predicted octanol–water partition coefficient (Wildman–Crippen LogP) is 4.17. The quantitative estimate of drug-likeness (QED) is 0.582. The zero-order valence-electron chi connectivity index (χ0n) is 19.4. The van der Waals surface area contributed by atoms with Crippen molar-refractivity contribution in [3.05, 3.63) is 69.4 Å². The van der Waals surface area contributed by atoms with Gasteiger partial charge in [0.2, 0.25) is 0 Å². The van der Waals surface area contributed by atoms with Crippen molar-refractivity contribution in [1.82, 2.24) is 4.90 Å². The second-order valence-corrected chi connectivity index (χ2v) is 8.45. The van der Waals surface area contributed by atoms with Crippen molar-refractivity contribution < 1.29 is 22.7 Å². The van der Waals surface area contributed by atoms with Crippen LogP contribution in [0.1, 0.15) is 35.3 Å². The van der Waals surface area contributed by atoms with Crippen molar-refractivity contribution in [3.8, 4) is 0 Å². The molecule has 1 aliphatic rings.